The molecule has 262 valence electrons. The SMILES string of the molecule is c1ccc(-c2ccc3c(c2)c2c(-c4cccc(-c5nc(-c6ccccc6)nc6c7ccccc7n(-c7ccccc7)c56)c4)cccc2n3-c2ccccc2)cc1. The number of aromatic nitrogens is 4. The van der Waals surface area contributed by atoms with Gasteiger partial charge in [-0.25, -0.2) is 9.97 Å². The van der Waals surface area contributed by atoms with Crippen LogP contribution in [0.5, 0.6) is 0 Å². The molecule has 11 rings (SSSR count). The Bertz CT molecular complexity index is 3220. The standard InChI is InChI=1S/C52H34N4/c1-5-17-35(18-6-1)37-31-32-46-44(34-37)48-42(28-16-30-47(48)55(46)40-23-9-3-10-24-40)38-21-15-22-39(33-38)49-51-50(54-52(53-49)36-19-7-2-8-20-36)43-27-13-14-29-45(43)56(51)41-25-11-4-12-26-41/h1-34H. The zero-order valence-electron chi connectivity index (χ0n) is 30.4. The van der Waals surface area contributed by atoms with Crippen molar-refractivity contribution in [1.29, 1.82) is 0 Å². The Morgan fingerprint density at radius 1 is 0.339 bits per heavy atom. The van der Waals surface area contributed by atoms with E-state index in [9.17, 15) is 0 Å². The lowest BCUT2D eigenvalue weighted by Gasteiger charge is -2.13. The van der Waals surface area contributed by atoms with Crippen LogP contribution in [0.1, 0.15) is 0 Å². The first-order valence-corrected chi connectivity index (χ1v) is 19.0. The molecule has 0 fully saturated rings. The normalized spacial score (nSPS) is 11.6. The molecule has 0 aliphatic rings. The maximum Gasteiger partial charge on any atom is 0.160 e. The van der Waals surface area contributed by atoms with Crippen molar-refractivity contribution < 1.29 is 0 Å². The molecule has 0 aliphatic carbocycles. The first kappa shape index (κ1) is 31.9. The molecule has 0 unspecified atom stereocenters. The number of benzene rings is 8. The molecule has 0 amide bonds. The van der Waals surface area contributed by atoms with Crippen molar-refractivity contribution >= 4 is 43.7 Å². The highest BCUT2D eigenvalue weighted by Gasteiger charge is 2.22. The predicted molar refractivity (Wildman–Crippen MR) is 232 cm³/mol. The molecule has 0 bridgehead atoms. The van der Waals surface area contributed by atoms with Crippen LogP contribution in [-0.4, -0.2) is 19.1 Å². The molecule has 0 saturated carbocycles. The van der Waals surface area contributed by atoms with Gasteiger partial charge in [-0.2, -0.15) is 0 Å². The van der Waals surface area contributed by atoms with E-state index in [0.717, 1.165) is 55.7 Å². The number of fused-ring (bicyclic) bond motifs is 6. The fourth-order valence-corrected chi connectivity index (χ4v) is 8.42. The summed E-state index contributed by atoms with van der Waals surface area (Å²) in [6.45, 7) is 0. The first-order valence-electron chi connectivity index (χ1n) is 19.0. The van der Waals surface area contributed by atoms with Gasteiger partial charge in [0.2, 0.25) is 0 Å². The van der Waals surface area contributed by atoms with E-state index in [1.54, 1.807) is 0 Å². The summed E-state index contributed by atoms with van der Waals surface area (Å²) in [6.07, 6.45) is 0. The fourth-order valence-electron chi connectivity index (χ4n) is 8.42. The number of hydrogen-bond donors (Lipinski definition) is 0. The van der Waals surface area contributed by atoms with Crippen LogP contribution < -0.4 is 0 Å². The highest BCUT2D eigenvalue weighted by atomic mass is 15.0. The topological polar surface area (TPSA) is 35.6 Å². The van der Waals surface area contributed by atoms with E-state index in [0.29, 0.717) is 5.82 Å². The van der Waals surface area contributed by atoms with E-state index in [2.05, 4.69) is 197 Å². The van der Waals surface area contributed by atoms with E-state index in [4.69, 9.17) is 9.97 Å². The Hall–Kier alpha value is -7.56. The quantitative estimate of drug-likeness (QED) is 0.172. The molecule has 11 aromatic rings. The largest absolute Gasteiger partial charge is 0.309 e. The molecule has 4 heteroatoms. The second kappa shape index (κ2) is 13.1. The van der Waals surface area contributed by atoms with E-state index in [1.807, 2.05) is 18.2 Å². The Morgan fingerprint density at radius 2 is 0.911 bits per heavy atom. The third-order valence-electron chi connectivity index (χ3n) is 10.9. The minimum atomic E-state index is 0.705. The maximum absolute atomic E-state index is 5.42. The highest BCUT2D eigenvalue weighted by molar-refractivity contribution is 6.17. The molecular weight excluding hydrogens is 681 g/mol. The summed E-state index contributed by atoms with van der Waals surface area (Å²) >= 11 is 0. The van der Waals surface area contributed by atoms with Crippen molar-refractivity contribution in [1.82, 2.24) is 19.1 Å². The predicted octanol–water partition coefficient (Wildman–Crippen LogP) is 13.3. The lowest BCUT2D eigenvalue weighted by Crippen LogP contribution is -2.00. The molecule has 3 aromatic heterocycles. The lowest BCUT2D eigenvalue weighted by atomic mass is 9.95. The molecule has 8 aromatic carbocycles. The number of hydrogen-bond acceptors (Lipinski definition) is 2. The Morgan fingerprint density at radius 3 is 1.66 bits per heavy atom. The summed E-state index contributed by atoms with van der Waals surface area (Å²) in [6, 6.07) is 73.2. The Kier molecular flexibility index (Phi) is 7.46. The summed E-state index contributed by atoms with van der Waals surface area (Å²) in [5.41, 5.74) is 15.1. The van der Waals surface area contributed by atoms with Gasteiger partial charge in [-0.15, -0.1) is 0 Å². The number of para-hydroxylation sites is 3. The van der Waals surface area contributed by atoms with Crippen LogP contribution in [0.15, 0.2) is 206 Å². The maximum atomic E-state index is 5.42. The van der Waals surface area contributed by atoms with Crippen LogP contribution in [-0.2, 0) is 0 Å². The third kappa shape index (κ3) is 5.15. The van der Waals surface area contributed by atoms with Gasteiger partial charge in [0.1, 0.15) is 5.52 Å². The highest BCUT2D eigenvalue weighted by Crippen LogP contribution is 2.42. The minimum Gasteiger partial charge on any atom is -0.309 e. The first-order chi connectivity index (χ1) is 27.8. The summed E-state index contributed by atoms with van der Waals surface area (Å²) in [7, 11) is 0. The molecule has 0 spiro atoms. The summed E-state index contributed by atoms with van der Waals surface area (Å²) in [5.74, 6) is 0.705. The molecule has 4 nitrogen and oxygen atoms in total. The molecule has 0 aliphatic heterocycles. The van der Waals surface area contributed by atoms with Crippen molar-refractivity contribution in [3.05, 3.63) is 206 Å². The number of nitrogens with zero attached hydrogens (tertiary/aromatic N) is 4. The fraction of sp³-hybridized carbons (Fsp3) is 0. The molecule has 3 heterocycles. The number of rotatable bonds is 6. The van der Waals surface area contributed by atoms with Crippen molar-refractivity contribution in [3.8, 4) is 56.3 Å². The van der Waals surface area contributed by atoms with E-state index >= 15 is 0 Å². The van der Waals surface area contributed by atoms with E-state index < -0.39 is 0 Å². The van der Waals surface area contributed by atoms with Gasteiger partial charge in [-0.05, 0) is 76.9 Å². The second-order valence-corrected chi connectivity index (χ2v) is 14.2. The van der Waals surface area contributed by atoms with Crippen molar-refractivity contribution in [3.63, 3.8) is 0 Å². The van der Waals surface area contributed by atoms with Crippen LogP contribution in [0.2, 0.25) is 0 Å². The smallest absolute Gasteiger partial charge is 0.160 e. The zero-order chi connectivity index (χ0) is 37.0. The van der Waals surface area contributed by atoms with Crippen molar-refractivity contribution in [2.75, 3.05) is 0 Å². The molecule has 0 N–H and O–H groups in total. The van der Waals surface area contributed by atoms with Crippen LogP contribution in [0.4, 0.5) is 0 Å². The van der Waals surface area contributed by atoms with Gasteiger partial charge in [0, 0.05) is 38.7 Å². The molecule has 56 heavy (non-hydrogen) atoms. The van der Waals surface area contributed by atoms with Gasteiger partial charge in [0.05, 0.1) is 27.8 Å². The lowest BCUT2D eigenvalue weighted by molar-refractivity contribution is 1.15. The van der Waals surface area contributed by atoms with Gasteiger partial charge in [-0.1, -0.05) is 152 Å². The monoisotopic (exact) mass is 714 g/mol. The van der Waals surface area contributed by atoms with Gasteiger partial charge >= 0.3 is 0 Å². The summed E-state index contributed by atoms with van der Waals surface area (Å²) in [5, 5.41) is 3.53. The Balaban J connectivity index is 1.20. The van der Waals surface area contributed by atoms with Gasteiger partial charge in [0.15, 0.2) is 5.82 Å². The van der Waals surface area contributed by atoms with Crippen LogP contribution in [0, 0.1) is 0 Å². The molecule has 0 saturated heterocycles. The van der Waals surface area contributed by atoms with Crippen LogP contribution >= 0.6 is 0 Å². The van der Waals surface area contributed by atoms with Gasteiger partial charge < -0.3 is 9.13 Å². The molecule has 0 radical (unpaired) electrons. The molecular formula is C52H34N4. The third-order valence-corrected chi connectivity index (χ3v) is 10.9. The average Bonchev–Trinajstić information content (AvgIpc) is 3.80. The minimum absolute atomic E-state index is 0.705. The Labute approximate surface area is 324 Å². The van der Waals surface area contributed by atoms with Crippen LogP contribution in [0.25, 0.3) is 100 Å². The van der Waals surface area contributed by atoms with Crippen molar-refractivity contribution in [2.45, 2.75) is 0 Å². The molecule has 0 atom stereocenters. The van der Waals surface area contributed by atoms with Crippen LogP contribution in [0.3, 0.4) is 0 Å². The van der Waals surface area contributed by atoms with Gasteiger partial charge in [-0.3, -0.25) is 0 Å². The summed E-state index contributed by atoms with van der Waals surface area (Å²) < 4.78 is 4.71. The summed E-state index contributed by atoms with van der Waals surface area (Å²) in [4.78, 5) is 10.7. The van der Waals surface area contributed by atoms with E-state index in [1.165, 1.54) is 38.5 Å². The average molecular weight is 715 g/mol. The zero-order valence-corrected chi connectivity index (χ0v) is 30.4. The van der Waals surface area contributed by atoms with Gasteiger partial charge in [0.25, 0.3) is 0 Å². The van der Waals surface area contributed by atoms with E-state index in [-0.39, 0.29) is 0 Å². The second-order valence-electron chi connectivity index (χ2n) is 14.2. The van der Waals surface area contributed by atoms with Crippen molar-refractivity contribution in [2.24, 2.45) is 0 Å².